The van der Waals surface area contributed by atoms with Crippen LogP contribution in [0.15, 0.2) is 12.1 Å². The van der Waals surface area contributed by atoms with E-state index in [1.807, 2.05) is 32.9 Å². The average molecular weight is 192 g/mol. The molecule has 0 N–H and O–H groups in total. The molecule has 1 aromatic carbocycles. The van der Waals surface area contributed by atoms with Crippen LogP contribution in [-0.4, -0.2) is 13.1 Å². The number of esters is 1. The fraction of sp³-hybridized carbons (Fsp3) is 0.417. The molecule has 2 heteroatoms. The van der Waals surface area contributed by atoms with Crippen molar-refractivity contribution in [3.05, 3.63) is 34.4 Å². The van der Waals surface area contributed by atoms with E-state index in [0.717, 1.165) is 28.7 Å². The van der Waals surface area contributed by atoms with Gasteiger partial charge in [-0.25, -0.2) is 4.79 Å². The number of hydrogen-bond donors (Lipinski definition) is 0. The number of ether oxygens (including phenoxy) is 1. The fourth-order valence-electron chi connectivity index (χ4n) is 1.71. The highest BCUT2D eigenvalue weighted by atomic mass is 16.5. The van der Waals surface area contributed by atoms with Gasteiger partial charge in [0, 0.05) is 0 Å². The van der Waals surface area contributed by atoms with E-state index in [9.17, 15) is 4.79 Å². The first-order valence-corrected chi connectivity index (χ1v) is 4.79. The van der Waals surface area contributed by atoms with Crippen molar-refractivity contribution in [3.8, 4) is 0 Å². The van der Waals surface area contributed by atoms with Gasteiger partial charge in [0.25, 0.3) is 0 Å². The summed E-state index contributed by atoms with van der Waals surface area (Å²) < 4.78 is 4.78. The second-order valence-corrected chi connectivity index (χ2v) is 3.40. The first kappa shape index (κ1) is 10.8. The van der Waals surface area contributed by atoms with Gasteiger partial charge in [0.2, 0.25) is 0 Å². The Hall–Kier alpha value is -1.31. The summed E-state index contributed by atoms with van der Waals surface area (Å²) >= 11 is 0. The number of rotatable bonds is 2. The summed E-state index contributed by atoms with van der Waals surface area (Å²) in [4.78, 5) is 11.5. The van der Waals surface area contributed by atoms with E-state index in [1.165, 1.54) is 7.11 Å². The van der Waals surface area contributed by atoms with E-state index in [1.54, 1.807) is 0 Å². The number of methoxy groups -OCH3 is 1. The maximum Gasteiger partial charge on any atom is 0.338 e. The van der Waals surface area contributed by atoms with E-state index >= 15 is 0 Å². The smallest absolute Gasteiger partial charge is 0.338 e. The van der Waals surface area contributed by atoms with Gasteiger partial charge in [-0.1, -0.05) is 19.1 Å². The van der Waals surface area contributed by atoms with Crippen molar-refractivity contribution in [2.24, 2.45) is 0 Å². The predicted octanol–water partition coefficient (Wildman–Crippen LogP) is 2.65. The Morgan fingerprint density at radius 3 is 2.36 bits per heavy atom. The van der Waals surface area contributed by atoms with Gasteiger partial charge in [0.1, 0.15) is 0 Å². The summed E-state index contributed by atoms with van der Waals surface area (Å²) in [6.07, 6.45) is 0.859. The summed E-state index contributed by atoms with van der Waals surface area (Å²) in [7, 11) is 1.42. The Labute approximate surface area is 84.9 Å². The minimum absolute atomic E-state index is 0.233. The molecule has 0 saturated heterocycles. The minimum atomic E-state index is -0.233. The van der Waals surface area contributed by atoms with Gasteiger partial charge in [-0.15, -0.1) is 0 Å². The summed E-state index contributed by atoms with van der Waals surface area (Å²) in [6, 6.07) is 4.00. The molecule has 0 aliphatic carbocycles. The summed E-state index contributed by atoms with van der Waals surface area (Å²) in [5, 5.41) is 0. The maximum atomic E-state index is 11.5. The van der Waals surface area contributed by atoms with Gasteiger partial charge < -0.3 is 4.74 Å². The van der Waals surface area contributed by atoms with Gasteiger partial charge in [-0.05, 0) is 37.0 Å². The highest BCUT2D eigenvalue weighted by molar-refractivity contribution is 5.93. The third-order valence-corrected chi connectivity index (χ3v) is 2.50. The molecular weight excluding hydrogens is 176 g/mol. The molecule has 0 radical (unpaired) electrons. The topological polar surface area (TPSA) is 26.3 Å². The molecule has 1 rings (SSSR count). The molecule has 0 unspecified atom stereocenters. The van der Waals surface area contributed by atoms with Crippen molar-refractivity contribution >= 4 is 5.97 Å². The molecule has 0 atom stereocenters. The fourth-order valence-corrected chi connectivity index (χ4v) is 1.71. The van der Waals surface area contributed by atoms with E-state index in [2.05, 4.69) is 0 Å². The van der Waals surface area contributed by atoms with Crippen LogP contribution in [0.2, 0.25) is 0 Å². The average Bonchev–Trinajstić information content (AvgIpc) is 2.19. The Balaban J connectivity index is 3.37. The van der Waals surface area contributed by atoms with E-state index in [4.69, 9.17) is 4.74 Å². The van der Waals surface area contributed by atoms with E-state index < -0.39 is 0 Å². The third-order valence-electron chi connectivity index (χ3n) is 2.50. The highest BCUT2D eigenvalue weighted by Crippen LogP contribution is 2.19. The standard InChI is InChI=1S/C12H16O2/c1-5-10-8(2)6-7-9(3)11(10)12(13)14-4/h6-7H,5H2,1-4H3. The van der Waals surface area contributed by atoms with Crippen LogP contribution in [0.5, 0.6) is 0 Å². The molecule has 1 aromatic rings. The zero-order valence-corrected chi connectivity index (χ0v) is 9.18. The minimum Gasteiger partial charge on any atom is -0.465 e. The summed E-state index contributed by atoms with van der Waals surface area (Å²) in [5.41, 5.74) is 3.96. The second kappa shape index (κ2) is 4.27. The van der Waals surface area contributed by atoms with E-state index in [-0.39, 0.29) is 5.97 Å². The molecule has 0 aromatic heterocycles. The molecule has 0 aliphatic rings. The third kappa shape index (κ3) is 1.79. The number of hydrogen-bond acceptors (Lipinski definition) is 2. The van der Waals surface area contributed by atoms with Crippen molar-refractivity contribution in [2.75, 3.05) is 7.11 Å². The lowest BCUT2D eigenvalue weighted by molar-refractivity contribution is 0.0598. The zero-order valence-electron chi connectivity index (χ0n) is 9.18. The van der Waals surface area contributed by atoms with Gasteiger partial charge in [0.05, 0.1) is 12.7 Å². The van der Waals surface area contributed by atoms with E-state index in [0.29, 0.717) is 0 Å². The van der Waals surface area contributed by atoms with Crippen LogP contribution >= 0.6 is 0 Å². The number of aryl methyl sites for hydroxylation is 2. The Kier molecular flexibility index (Phi) is 3.28. The molecule has 0 saturated carbocycles. The van der Waals surface area contributed by atoms with Gasteiger partial charge in [-0.3, -0.25) is 0 Å². The van der Waals surface area contributed by atoms with Crippen molar-refractivity contribution < 1.29 is 9.53 Å². The highest BCUT2D eigenvalue weighted by Gasteiger charge is 2.14. The lowest BCUT2D eigenvalue weighted by Crippen LogP contribution is -2.09. The van der Waals surface area contributed by atoms with Crippen LogP contribution in [0, 0.1) is 13.8 Å². The second-order valence-electron chi connectivity index (χ2n) is 3.40. The number of benzene rings is 1. The van der Waals surface area contributed by atoms with Crippen LogP contribution in [0.25, 0.3) is 0 Å². The molecule has 0 amide bonds. The molecule has 0 fully saturated rings. The zero-order chi connectivity index (χ0) is 10.7. The molecule has 14 heavy (non-hydrogen) atoms. The lowest BCUT2D eigenvalue weighted by atomic mass is 9.95. The lowest BCUT2D eigenvalue weighted by Gasteiger charge is -2.11. The monoisotopic (exact) mass is 192 g/mol. The molecule has 0 bridgehead atoms. The van der Waals surface area contributed by atoms with Crippen LogP contribution in [0.1, 0.15) is 34.0 Å². The van der Waals surface area contributed by atoms with Crippen LogP contribution in [0.3, 0.4) is 0 Å². The SMILES string of the molecule is CCc1c(C)ccc(C)c1C(=O)OC. The van der Waals surface area contributed by atoms with Crippen molar-refractivity contribution in [1.82, 2.24) is 0 Å². The molecule has 0 aliphatic heterocycles. The molecular formula is C12H16O2. The summed E-state index contributed by atoms with van der Waals surface area (Å²) in [5.74, 6) is -0.233. The van der Waals surface area contributed by atoms with Gasteiger partial charge >= 0.3 is 5.97 Å². The molecule has 76 valence electrons. The van der Waals surface area contributed by atoms with Crippen molar-refractivity contribution in [1.29, 1.82) is 0 Å². The molecule has 2 nitrogen and oxygen atoms in total. The Morgan fingerprint density at radius 1 is 1.29 bits per heavy atom. The maximum absolute atomic E-state index is 11.5. The molecule has 0 heterocycles. The predicted molar refractivity (Wildman–Crippen MR) is 56.6 cm³/mol. The normalized spacial score (nSPS) is 10.0. The van der Waals surface area contributed by atoms with Gasteiger partial charge in [0.15, 0.2) is 0 Å². The first-order chi connectivity index (χ1) is 6.61. The van der Waals surface area contributed by atoms with Gasteiger partial charge in [-0.2, -0.15) is 0 Å². The number of carbonyl (C=O) groups excluding carboxylic acids is 1. The van der Waals surface area contributed by atoms with Crippen LogP contribution < -0.4 is 0 Å². The van der Waals surface area contributed by atoms with Crippen LogP contribution in [-0.2, 0) is 11.2 Å². The number of carbonyl (C=O) groups is 1. The quantitative estimate of drug-likeness (QED) is 0.673. The molecule has 0 spiro atoms. The van der Waals surface area contributed by atoms with Crippen molar-refractivity contribution in [3.63, 3.8) is 0 Å². The van der Waals surface area contributed by atoms with Crippen molar-refractivity contribution in [2.45, 2.75) is 27.2 Å². The first-order valence-electron chi connectivity index (χ1n) is 4.79. The summed E-state index contributed by atoms with van der Waals surface area (Å²) in [6.45, 7) is 6.00. The Morgan fingerprint density at radius 2 is 1.86 bits per heavy atom. The van der Waals surface area contributed by atoms with Crippen LogP contribution in [0.4, 0.5) is 0 Å². The largest absolute Gasteiger partial charge is 0.465 e. The Bertz CT molecular complexity index is 354.